The van der Waals surface area contributed by atoms with Crippen LogP contribution in [0.2, 0.25) is 0 Å². The Labute approximate surface area is 125 Å². The van der Waals surface area contributed by atoms with Gasteiger partial charge in [0.05, 0.1) is 0 Å². The van der Waals surface area contributed by atoms with E-state index >= 15 is 0 Å². The molecule has 0 amide bonds. The van der Waals surface area contributed by atoms with Gasteiger partial charge in [-0.2, -0.15) is 4.98 Å². The Hall–Kier alpha value is -1.43. The molecule has 1 aromatic heterocycles. The van der Waals surface area contributed by atoms with Gasteiger partial charge < -0.3 is 9.26 Å². The summed E-state index contributed by atoms with van der Waals surface area (Å²) < 4.78 is 10.6. The van der Waals surface area contributed by atoms with Gasteiger partial charge in [-0.15, -0.1) is 0 Å². The molecule has 1 saturated heterocycles. The zero-order valence-corrected chi connectivity index (χ0v) is 13.3. The van der Waals surface area contributed by atoms with Crippen molar-refractivity contribution in [1.29, 1.82) is 0 Å². The summed E-state index contributed by atoms with van der Waals surface area (Å²) in [4.78, 5) is 18.9. The van der Waals surface area contributed by atoms with E-state index in [4.69, 9.17) is 9.26 Å². The quantitative estimate of drug-likeness (QED) is 0.777. The molecule has 0 unspecified atom stereocenters. The Balaban J connectivity index is 2.01. The van der Waals surface area contributed by atoms with E-state index in [0.717, 1.165) is 25.9 Å². The van der Waals surface area contributed by atoms with Gasteiger partial charge >= 0.3 is 5.97 Å². The number of aromatic nitrogens is 2. The molecule has 1 aromatic rings. The molecule has 2 rings (SSSR count). The first-order chi connectivity index (χ1) is 9.99. The average molecular weight is 295 g/mol. The third kappa shape index (κ3) is 4.03. The second kappa shape index (κ2) is 7.02. The van der Waals surface area contributed by atoms with Crippen molar-refractivity contribution in [3.63, 3.8) is 0 Å². The number of hydrogen-bond donors (Lipinski definition) is 0. The number of carbonyl (C=O) groups is 1. The van der Waals surface area contributed by atoms with Gasteiger partial charge in [-0.25, -0.2) is 0 Å². The third-order valence-corrected chi connectivity index (χ3v) is 3.84. The summed E-state index contributed by atoms with van der Waals surface area (Å²) in [5.74, 6) is 0.911. The highest BCUT2D eigenvalue weighted by molar-refractivity contribution is 5.76. The van der Waals surface area contributed by atoms with Crippen molar-refractivity contribution < 1.29 is 14.1 Å². The zero-order valence-electron chi connectivity index (χ0n) is 13.3. The molecule has 0 radical (unpaired) electrons. The van der Waals surface area contributed by atoms with Gasteiger partial charge in [0.15, 0.2) is 11.9 Å². The monoisotopic (exact) mass is 295 g/mol. The highest BCUT2D eigenvalue weighted by Gasteiger charge is 2.33. The highest BCUT2D eigenvalue weighted by atomic mass is 16.6. The Morgan fingerprint density at radius 2 is 1.90 bits per heavy atom. The summed E-state index contributed by atoms with van der Waals surface area (Å²) in [5, 5.41) is 3.73. The van der Waals surface area contributed by atoms with Gasteiger partial charge in [-0.3, -0.25) is 9.69 Å². The number of likely N-dealkylation sites (tertiary alicyclic amines) is 1. The molecule has 0 saturated carbocycles. The summed E-state index contributed by atoms with van der Waals surface area (Å²) in [7, 11) is 0. The van der Waals surface area contributed by atoms with Crippen LogP contribution in [0.15, 0.2) is 4.52 Å². The smallest absolute Gasteiger partial charge is 0.324 e. The summed E-state index contributed by atoms with van der Waals surface area (Å²) in [6.07, 6.45) is 3.03. The SMILES string of the molecule is Cc1noc([C@@H](C)OC(=O)[C@@H](C(C)C)N2CCCCC2)n1. The van der Waals surface area contributed by atoms with Crippen molar-refractivity contribution in [1.82, 2.24) is 15.0 Å². The van der Waals surface area contributed by atoms with E-state index in [0.29, 0.717) is 11.7 Å². The molecule has 0 bridgehead atoms. The molecule has 0 spiro atoms. The predicted molar refractivity (Wildman–Crippen MR) is 77.6 cm³/mol. The first kappa shape index (κ1) is 15.9. The predicted octanol–water partition coefficient (Wildman–Crippen LogP) is 2.49. The van der Waals surface area contributed by atoms with E-state index in [1.165, 1.54) is 6.42 Å². The van der Waals surface area contributed by atoms with Gasteiger partial charge in [0.2, 0.25) is 0 Å². The van der Waals surface area contributed by atoms with Crippen LogP contribution in [-0.4, -0.2) is 40.1 Å². The molecular weight excluding hydrogens is 270 g/mol. The van der Waals surface area contributed by atoms with Crippen LogP contribution in [0, 0.1) is 12.8 Å². The molecule has 6 heteroatoms. The van der Waals surface area contributed by atoms with E-state index in [-0.39, 0.29) is 17.9 Å². The fourth-order valence-corrected chi connectivity index (χ4v) is 2.81. The van der Waals surface area contributed by atoms with Gasteiger partial charge in [0.25, 0.3) is 5.89 Å². The number of rotatable bonds is 5. The van der Waals surface area contributed by atoms with Crippen LogP contribution >= 0.6 is 0 Å². The van der Waals surface area contributed by atoms with Crippen LogP contribution in [0.25, 0.3) is 0 Å². The lowest BCUT2D eigenvalue weighted by Crippen LogP contribution is -2.48. The van der Waals surface area contributed by atoms with E-state index in [1.54, 1.807) is 13.8 Å². The fraction of sp³-hybridized carbons (Fsp3) is 0.800. The van der Waals surface area contributed by atoms with Crippen molar-refractivity contribution in [2.45, 2.75) is 59.1 Å². The maximum atomic E-state index is 12.5. The van der Waals surface area contributed by atoms with Crippen molar-refractivity contribution in [2.24, 2.45) is 5.92 Å². The Morgan fingerprint density at radius 3 is 2.43 bits per heavy atom. The number of ether oxygens (including phenoxy) is 1. The molecule has 0 N–H and O–H groups in total. The topological polar surface area (TPSA) is 68.5 Å². The molecule has 0 aromatic carbocycles. The van der Waals surface area contributed by atoms with E-state index < -0.39 is 6.10 Å². The molecule has 0 aliphatic carbocycles. The molecule has 1 aliphatic rings. The minimum absolute atomic E-state index is 0.197. The minimum Gasteiger partial charge on any atom is -0.451 e. The second-order valence-corrected chi connectivity index (χ2v) is 6.04. The summed E-state index contributed by atoms with van der Waals surface area (Å²) in [6.45, 7) is 9.55. The van der Waals surface area contributed by atoms with Crippen molar-refractivity contribution in [3.05, 3.63) is 11.7 Å². The normalized spacial score (nSPS) is 19.5. The van der Waals surface area contributed by atoms with E-state index in [1.807, 2.05) is 0 Å². The maximum absolute atomic E-state index is 12.5. The molecule has 21 heavy (non-hydrogen) atoms. The summed E-state index contributed by atoms with van der Waals surface area (Å²) in [6, 6.07) is -0.197. The lowest BCUT2D eigenvalue weighted by atomic mass is 9.99. The molecular formula is C15H25N3O3. The standard InChI is InChI=1S/C15H25N3O3/c1-10(2)13(18-8-6-5-7-9-18)15(19)20-11(3)14-16-12(4)17-21-14/h10-11,13H,5-9H2,1-4H3/t11-,13-/m1/s1. The molecule has 1 fully saturated rings. The zero-order chi connectivity index (χ0) is 15.4. The largest absolute Gasteiger partial charge is 0.451 e. The molecule has 118 valence electrons. The van der Waals surface area contributed by atoms with Crippen LogP contribution in [0.4, 0.5) is 0 Å². The van der Waals surface area contributed by atoms with Crippen LogP contribution in [-0.2, 0) is 9.53 Å². The molecule has 1 aliphatic heterocycles. The van der Waals surface area contributed by atoms with Gasteiger partial charge in [-0.05, 0) is 45.7 Å². The first-order valence-corrected chi connectivity index (χ1v) is 7.73. The number of esters is 1. The first-order valence-electron chi connectivity index (χ1n) is 7.73. The van der Waals surface area contributed by atoms with Crippen LogP contribution < -0.4 is 0 Å². The Bertz CT molecular complexity index is 466. The lowest BCUT2D eigenvalue weighted by Gasteiger charge is -2.35. The van der Waals surface area contributed by atoms with Gasteiger partial charge in [0.1, 0.15) is 6.04 Å². The van der Waals surface area contributed by atoms with E-state index in [9.17, 15) is 4.79 Å². The fourth-order valence-electron chi connectivity index (χ4n) is 2.81. The summed E-state index contributed by atoms with van der Waals surface area (Å²) in [5.41, 5.74) is 0. The molecule has 2 atom stereocenters. The lowest BCUT2D eigenvalue weighted by molar-refractivity contribution is -0.158. The van der Waals surface area contributed by atoms with Gasteiger partial charge in [-0.1, -0.05) is 25.4 Å². The van der Waals surface area contributed by atoms with Crippen molar-refractivity contribution >= 4 is 5.97 Å². The number of carbonyl (C=O) groups excluding carboxylic acids is 1. The van der Waals surface area contributed by atoms with E-state index in [2.05, 4.69) is 28.9 Å². The number of nitrogens with zero attached hydrogens (tertiary/aromatic N) is 3. The molecule has 6 nitrogen and oxygen atoms in total. The number of aryl methyl sites for hydroxylation is 1. The Morgan fingerprint density at radius 1 is 1.24 bits per heavy atom. The van der Waals surface area contributed by atoms with Crippen LogP contribution in [0.1, 0.15) is 57.9 Å². The molecule has 2 heterocycles. The average Bonchev–Trinajstić information content (AvgIpc) is 2.86. The van der Waals surface area contributed by atoms with Crippen molar-refractivity contribution in [2.75, 3.05) is 13.1 Å². The summed E-state index contributed by atoms with van der Waals surface area (Å²) >= 11 is 0. The van der Waals surface area contributed by atoms with Crippen molar-refractivity contribution in [3.8, 4) is 0 Å². The number of hydrogen-bond acceptors (Lipinski definition) is 6. The second-order valence-electron chi connectivity index (χ2n) is 6.04. The third-order valence-electron chi connectivity index (χ3n) is 3.84. The highest BCUT2D eigenvalue weighted by Crippen LogP contribution is 2.22. The van der Waals surface area contributed by atoms with Crippen LogP contribution in [0.5, 0.6) is 0 Å². The Kier molecular flexibility index (Phi) is 5.33. The minimum atomic E-state index is -0.509. The van der Waals surface area contributed by atoms with Crippen LogP contribution in [0.3, 0.4) is 0 Å². The van der Waals surface area contributed by atoms with Gasteiger partial charge in [0, 0.05) is 0 Å². The maximum Gasteiger partial charge on any atom is 0.324 e. The number of piperidine rings is 1.